The zero-order valence-corrected chi connectivity index (χ0v) is 13.4. The number of anilines is 1. The fraction of sp³-hybridized carbons (Fsp3) is 0.444. The summed E-state index contributed by atoms with van der Waals surface area (Å²) in [7, 11) is 0. The molecule has 3 N–H and O–H groups in total. The van der Waals surface area contributed by atoms with Crippen LogP contribution in [0.15, 0.2) is 29.2 Å². The number of fused-ring (bicyclic) bond motifs is 1. The average molecular weight is 327 g/mol. The van der Waals surface area contributed by atoms with Crippen molar-refractivity contribution in [3.05, 3.63) is 40.2 Å². The van der Waals surface area contributed by atoms with Crippen LogP contribution in [0.4, 0.5) is 5.69 Å². The molecule has 2 heterocycles. The number of pyridine rings is 1. The van der Waals surface area contributed by atoms with Crippen LogP contribution in [0.1, 0.15) is 42.1 Å². The Bertz CT molecular complexity index is 870. The molecule has 2 aromatic rings. The molecule has 0 bridgehead atoms. The average Bonchev–Trinajstić information content (AvgIpc) is 2.94. The molecule has 1 unspecified atom stereocenters. The van der Waals surface area contributed by atoms with Crippen molar-refractivity contribution in [1.82, 2.24) is 4.57 Å². The fourth-order valence-electron chi connectivity index (χ4n) is 3.68. The maximum atomic E-state index is 12.5. The molecule has 4 rings (SSSR count). The van der Waals surface area contributed by atoms with Crippen LogP contribution in [-0.4, -0.2) is 34.8 Å². The van der Waals surface area contributed by atoms with Crippen molar-refractivity contribution in [2.24, 2.45) is 5.73 Å². The minimum atomic E-state index is -1.16. The third-order valence-electron chi connectivity index (χ3n) is 5.31. The summed E-state index contributed by atoms with van der Waals surface area (Å²) in [6.07, 6.45) is 5.68. The zero-order chi connectivity index (χ0) is 16.8. The molecule has 1 aliphatic carbocycles. The highest BCUT2D eigenvalue weighted by molar-refractivity contribution is 5.93. The number of aromatic carboxylic acids is 1. The Hall–Kier alpha value is -2.34. The molecule has 126 valence electrons. The molecule has 1 saturated heterocycles. The van der Waals surface area contributed by atoms with Gasteiger partial charge >= 0.3 is 5.97 Å². The Balaban J connectivity index is 1.89. The second-order valence-corrected chi connectivity index (χ2v) is 6.87. The SMILES string of the molecule is NC1CCN(c2ccc3c(=O)c(C(=O)O)cn(C4CCC4)c3c2)C1. The van der Waals surface area contributed by atoms with Crippen molar-refractivity contribution in [2.75, 3.05) is 18.0 Å². The Morgan fingerprint density at radius 2 is 2.04 bits per heavy atom. The van der Waals surface area contributed by atoms with Crippen LogP contribution >= 0.6 is 0 Å². The number of rotatable bonds is 3. The van der Waals surface area contributed by atoms with Crippen LogP contribution in [0, 0.1) is 0 Å². The number of nitrogens with zero attached hydrogens (tertiary/aromatic N) is 2. The first kappa shape index (κ1) is 15.2. The monoisotopic (exact) mass is 327 g/mol. The van der Waals surface area contributed by atoms with Crippen LogP contribution in [0.25, 0.3) is 10.9 Å². The predicted molar refractivity (Wildman–Crippen MR) is 92.9 cm³/mol. The lowest BCUT2D eigenvalue weighted by molar-refractivity contribution is 0.0694. The number of carboxylic acid groups (broad SMARTS) is 1. The van der Waals surface area contributed by atoms with Crippen molar-refractivity contribution in [2.45, 2.75) is 37.8 Å². The van der Waals surface area contributed by atoms with Crippen LogP contribution < -0.4 is 16.1 Å². The van der Waals surface area contributed by atoms with E-state index in [4.69, 9.17) is 5.73 Å². The molecular weight excluding hydrogens is 306 g/mol. The van der Waals surface area contributed by atoms with Gasteiger partial charge in [0.25, 0.3) is 0 Å². The van der Waals surface area contributed by atoms with Gasteiger partial charge in [-0.2, -0.15) is 0 Å². The summed E-state index contributed by atoms with van der Waals surface area (Å²) in [5.41, 5.74) is 7.32. The first-order valence-corrected chi connectivity index (χ1v) is 8.47. The number of carbonyl (C=O) groups is 1. The van der Waals surface area contributed by atoms with Gasteiger partial charge in [0.1, 0.15) is 5.56 Å². The van der Waals surface area contributed by atoms with Crippen LogP contribution in [0.2, 0.25) is 0 Å². The highest BCUT2D eigenvalue weighted by Gasteiger charge is 2.25. The maximum absolute atomic E-state index is 12.5. The highest BCUT2D eigenvalue weighted by Crippen LogP contribution is 2.35. The highest BCUT2D eigenvalue weighted by atomic mass is 16.4. The van der Waals surface area contributed by atoms with Crippen molar-refractivity contribution in [3.63, 3.8) is 0 Å². The Morgan fingerprint density at radius 1 is 1.25 bits per heavy atom. The van der Waals surface area contributed by atoms with Gasteiger partial charge in [-0.1, -0.05) is 0 Å². The molecule has 6 heteroatoms. The topological polar surface area (TPSA) is 88.6 Å². The van der Waals surface area contributed by atoms with Gasteiger partial charge in [-0.25, -0.2) is 4.79 Å². The maximum Gasteiger partial charge on any atom is 0.341 e. The molecule has 1 aliphatic heterocycles. The molecule has 1 saturated carbocycles. The summed E-state index contributed by atoms with van der Waals surface area (Å²) in [5.74, 6) is -1.16. The number of hydrogen-bond donors (Lipinski definition) is 2. The van der Waals surface area contributed by atoms with E-state index in [1.165, 1.54) is 6.20 Å². The van der Waals surface area contributed by atoms with Crippen molar-refractivity contribution >= 4 is 22.6 Å². The third kappa shape index (κ3) is 2.38. The van der Waals surface area contributed by atoms with E-state index in [0.717, 1.165) is 50.0 Å². The standard InChI is InChI=1S/C18H21N3O3/c19-11-6-7-20(9-11)13-4-5-14-16(8-13)21(12-2-1-3-12)10-15(17(14)22)18(23)24/h4-5,8,10-12H,1-3,6-7,9,19H2,(H,23,24). The first-order valence-electron chi connectivity index (χ1n) is 8.47. The molecular formula is C18H21N3O3. The molecule has 2 aliphatic rings. The Labute approximate surface area is 139 Å². The molecule has 0 radical (unpaired) electrons. The summed E-state index contributed by atoms with van der Waals surface area (Å²) in [6.45, 7) is 1.72. The van der Waals surface area contributed by atoms with Crippen LogP contribution in [0.5, 0.6) is 0 Å². The largest absolute Gasteiger partial charge is 0.477 e. The predicted octanol–water partition coefficient (Wildman–Crippen LogP) is 1.96. The van der Waals surface area contributed by atoms with Gasteiger partial charge in [-0.3, -0.25) is 4.79 Å². The number of aromatic nitrogens is 1. The minimum Gasteiger partial charge on any atom is -0.477 e. The molecule has 0 amide bonds. The van der Waals surface area contributed by atoms with Crippen molar-refractivity contribution < 1.29 is 9.90 Å². The van der Waals surface area contributed by atoms with Crippen LogP contribution in [0.3, 0.4) is 0 Å². The molecule has 1 atom stereocenters. The fourth-order valence-corrected chi connectivity index (χ4v) is 3.68. The molecule has 0 spiro atoms. The summed E-state index contributed by atoms with van der Waals surface area (Å²) < 4.78 is 1.99. The Morgan fingerprint density at radius 3 is 2.62 bits per heavy atom. The molecule has 1 aromatic carbocycles. The number of benzene rings is 1. The summed E-state index contributed by atoms with van der Waals surface area (Å²) in [5, 5.41) is 9.82. The van der Waals surface area contributed by atoms with E-state index < -0.39 is 11.4 Å². The molecule has 1 aromatic heterocycles. The second kappa shape index (κ2) is 5.63. The zero-order valence-electron chi connectivity index (χ0n) is 13.4. The van der Waals surface area contributed by atoms with Crippen molar-refractivity contribution in [1.29, 1.82) is 0 Å². The summed E-state index contributed by atoms with van der Waals surface area (Å²) >= 11 is 0. The van der Waals surface area contributed by atoms with E-state index in [1.54, 1.807) is 6.07 Å². The van der Waals surface area contributed by atoms with Gasteiger partial charge in [-0.15, -0.1) is 0 Å². The van der Waals surface area contributed by atoms with E-state index in [1.807, 2.05) is 16.7 Å². The first-order chi connectivity index (χ1) is 11.5. The van der Waals surface area contributed by atoms with E-state index >= 15 is 0 Å². The summed E-state index contributed by atoms with van der Waals surface area (Å²) in [4.78, 5) is 26.2. The quantitative estimate of drug-likeness (QED) is 0.899. The number of nitrogens with two attached hydrogens (primary N) is 1. The van der Waals surface area contributed by atoms with Gasteiger partial charge in [0.05, 0.1) is 5.52 Å². The number of carboxylic acids is 1. The third-order valence-corrected chi connectivity index (χ3v) is 5.31. The van der Waals surface area contributed by atoms with Gasteiger partial charge in [-0.05, 0) is 43.9 Å². The van der Waals surface area contributed by atoms with E-state index in [0.29, 0.717) is 5.39 Å². The minimum absolute atomic E-state index is 0.148. The van der Waals surface area contributed by atoms with Gasteiger partial charge < -0.3 is 20.3 Å². The van der Waals surface area contributed by atoms with Crippen LogP contribution in [-0.2, 0) is 0 Å². The lowest BCUT2D eigenvalue weighted by atomic mass is 9.92. The Kier molecular flexibility index (Phi) is 3.57. The van der Waals surface area contributed by atoms with Gasteiger partial charge in [0.2, 0.25) is 5.43 Å². The van der Waals surface area contributed by atoms with Gasteiger partial charge in [0.15, 0.2) is 0 Å². The second-order valence-electron chi connectivity index (χ2n) is 6.87. The van der Waals surface area contributed by atoms with E-state index in [-0.39, 0.29) is 17.6 Å². The van der Waals surface area contributed by atoms with E-state index in [2.05, 4.69) is 4.90 Å². The molecule has 2 fully saturated rings. The molecule has 24 heavy (non-hydrogen) atoms. The van der Waals surface area contributed by atoms with Gasteiger partial charge in [0, 0.05) is 42.4 Å². The number of hydrogen-bond acceptors (Lipinski definition) is 4. The lowest BCUT2D eigenvalue weighted by Gasteiger charge is -2.30. The van der Waals surface area contributed by atoms with Crippen molar-refractivity contribution in [3.8, 4) is 0 Å². The smallest absolute Gasteiger partial charge is 0.341 e. The van der Waals surface area contributed by atoms with E-state index in [9.17, 15) is 14.7 Å². The lowest BCUT2D eigenvalue weighted by Crippen LogP contribution is -2.27. The molecule has 6 nitrogen and oxygen atoms in total. The summed E-state index contributed by atoms with van der Waals surface area (Å²) in [6, 6.07) is 6.14. The normalized spacial score (nSPS) is 21.2.